The maximum Gasteiger partial charge on any atom is 0.305 e. The minimum atomic E-state index is -0.223. The van der Waals surface area contributed by atoms with Gasteiger partial charge in [-0.15, -0.1) is 0 Å². The molecule has 0 radical (unpaired) electrons. The summed E-state index contributed by atoms with van der Waals surface area (Å²) in [5.74, 6) is 0.0512. The van der Waals surface area contributed by atoms with E-state index < -0.39 is 0 Å². The molecule has 0 spiro atoms. The number of ether oxygens (including phenoxy) is 1. The third-order valence-corrected chi connectivity index (χ3v) is 3.12. The van der Waals surface area contributed by atoms with Gasteiger partial charge in [0.2, 0.25) is 5.91 Å². The molecule has 1 heterocycles. The highest BCUT2D eigenvalue weighted by atomic mass is 32.2. The highest BCUT2D eigenvalue weighted by Crippen LogP contribution is 2.12. The second kappa shape index (κ2) is 9.38. The number of nitrogens with one attached hydrogen (secondary N) is 1. The molecule has 0 aliphatic carbocycles. The van der Waals surface area contributed by atoms with Crippen LogP contribution in [0.15, 0.2) is 29.4 Å². The number of aromatic nitrogens is 1. The molecule has 1 amide bonds. The van der Waals surface area contributed by atoms with Gasteiger partial charge in [-0.3, -0.25) is 9.59 Å². The SMILES string of the molecule is CCOC(=O)CCCNC(=O)CSc1ccccn1. The summed E-state index contributed by atoms with van der Waals surface area (Å²) in [6.45, 7) is 2.65. The van der Waals surface area contributed by atoms with E-state index in [0.717, 1.165) is 5.03 Å². The Morgan fingerprint density at radius 1 is 1.42 bits per heavy atom. The number of nitrogens with zero attached hydrogens (tertiary/aromatic N) is 1. The molecule has 0 aromatic carbocycles. The number of thioether (sulfide) groups is 1. The quantitative estimate of drug-likeness (QED) is 0.446. The number of rotatable bonds is 8. The fourth-order valence-corrected chi connectivity index (χ4v) is 2.01. The average Bonchev–Trinajstić information content (AvgIpc) is 2.43. The van der Waals surface area contributed by atoms with E-state index in [0.29, 0.717) is 31.7 Å². The first-order valence-electron chi connectivity index (χ1n) is 6.18. The van der Waals surface area contributed by atoms with Crippen LogP contribution in [-0.4, -0.2) is 35.8 Å². The normalized spacial score (nSPS) is 9.95. The Labute approximate surface area is 117 Å². The second-order valence-corrected chi connectivity index (χ2v) is 4.71. The summed E-state index contributed by atoms with van der Waals surface area (Å²) in [5.41, 5.74) is 0. The highest BCUT2D eigenvalue weighted by Gasteiger charge is 2.04. The largest absolute Gasteiger partial charge is 0.466 e. The summed E-state index contributed by atoms with van der Waals surface area (Å²) in [5, 5.41) is 3.58. The van der Waals surface area contributed by atoms with Gasteiger partial charge in [-0.2, -0.15) is 0 Å². The molecular weight excluding hydrogens is 264 g/mol. The second-order valence-electron chi connectivity index (χ2n) is 3.72. The first-order chi connectivity index (χ1) is 9.22. The smallest absolute Gasteiger partial charge is 0.305 e. The van der Waals surface area contributed by atoms with Crippen LogP contribution in [0, 0.1) is 0 Å². The molecule has 0 aliphatic heterocycles. The molecule has 0 atom stereocenters. The number of hydrogen-bond acceptors (Lipinski definition) is 5. The average molecular weight is 282 g/mol. The molecule has 0 bridgehead atoms. The first-order valence-corrected chi connectivity index (χ1v) is 7.17. The van der Waals surface area contributed by atoms with Gasteiger partial charge in [0.15, 0.2) is 0 Å². The summed E-state index contributed by atoms with van der Waals surface area (Å²) in [6.07, 6.45) is 2.62. The zero-order chi connectivity index (χ0) is 13.9. The Balaban J connectivity index is 2.07. The lowest BCUT2D eigenvalue weighted by Gasteiger charge is -2.05. The van der Waals surface area contributed by atoms with Crippen LogP contribution in [0.4, 0.5) is 0 Å². The molecule has 104 valence electrons. The van der Waals surface area contributed by atoms with E-state index >= 15 is 0 Å². The van der Waals surface area contributed by atoms with E-state index in [1.54, 1.807) is 13.1 Å². The van der Waals surface area contributed by atoms with Crippen molar-refractivity contribution < 1.29 is 14.3 Å². The van der Waals surface area contributed by atoms with Crippen molar-refractivity contribution in [2.24, 2.45) is 0 Å². The lowest BCUT2D eigenvalue weighted by Crippen LogP contribution is -2.26. The van der Waals surface area contributed by atoms with Crippen molar-refractivity contribution >= 4 is 23.6 Å². The van der Waals surface area contributed by atoms with Gasteiger partial charge in [0.1, 0.15) is 0 Å². The van der Waals surface area contributed by atoms with Crippen molar-refractivity contribution in [1.82, 2.24) is 10.3 Å². The minimum absolute atomic E-state index is 0.0560. The van der Waals surface area contributed by atoms with Crippen LogP contribution in [0.5, 0.6) is 0 Å². The molecule has 0 saturated carbocycles. The van der Waals surface area contributed by atoms with Gasteiger partial charge in [0.05, 0.1) is 17.4 Å². The molecule has 19 heavy (non-hydrogen) atoms. The maximum atomic E-state index is 11.5. The molecule has 1 aromatic heterocycles. The molecule has 0 saturated heterocycles. The summed E-state index contributed by atoms with van der Waals surface area (Å²) in [6, 6.07) is 5.57. The van der Waals surface area contributed by atoms with Crippen molar-refractivity contribution in [3.63, 3.8) is 0 Å². The van der Waals surface area contributed by atoms with Gasteiger partial charge in [-0.1, -0.05) is 17.8 Å². The van der Waals surface area contributed by atoms with Gasteiger partial charge in [-0.25, -0.2) is 4.98 Å². The van der Waals surface area contributed by atoms with E-state index in [1.807, 2.05) is 18.2 Å². The number of hydrogen-bond donors (Lipinski definition) is 1. The van der Waals surface area contributed by atoms with Crippen molar-refractivity contribution in [1.29, 1.82) is 0 Å². The lowest BCUT2D eigenvalue weighted by molar-refractivity contribution is -0.143. The maximum absolute atomic E-state index is 11.5. The third kappa shape index (κ3) is 7.46. The lowest BCUT2D eigenvalue weighted by atomic mass is 10.3. The number of esters is 1. The summed E-state index contributed by atoms with van der Waals surface area (Å²) < 4.78 is 4.79. The molecule has 0 fully saturated rings. The first kappa shape index (κ1) is 15.5. The summed E-state index contributed by atoms with van der Waals surface area (Å²) in [4.78, 5) is 26.7. The fraction of sp³-hybridized carbons (Fsp3) is 0.462. The number of carbonyl (C=O) groups excluding carboxylic acids is 2. The molecule has 0 unspecified atom stereocenters. The topological polar surface area (TPSA) is 68.3 Å². The van der Waals surface area contributed by atoms with Crippen molar-refractivity contribution in [2.45, 2.75) is 24.8 Å². The molecule has 1 rings (SSSR count). The van der Waals surface area contributed by atoms with E-state index in [9.17, 15) is 9.59 Å². The van der Waals surface area contributed by atoms with Crippen LogP contribution in [0.2, 0.25) is 0 Å². The molecule has 5 nitrogen and oxygen atoms in total. The Morgan fingerprint density at radius 2 is 2.26 bits per heavy atom. The van der Waals surface area contributed by atoms with Gasteiger partial charge in [0, 0.05) is 19.2 Å². The van der Waals surface area contributed by atoms with Crippen LogP contribution < -0.4 is 5.32 Å². The summed E-state index contributed by atoms with van der Waals surface area (Å²) in [7, 11) is 0. The third-order valence-electron chi connectivity index (χ3n) is 2.17. The van der Waals surface area contributed by atoms with Crippen molar-refractivity contribution in [3.05, 3.63) is 24.4 Å². The van der Waals surface area contributed by atoms with Crippen LogP contribution in [-0.2, 0) is 14.3 Å². The molecule has 1 aromatic rings. The Hall–Kier alpha value is -1.56. The predicted octanol–water partition coefficient (Wildman–Crippen LogP) is 1.63. The van der Waals surface area contributed by atoms with Crippen molar-refractivity contribution in [2.75, 3.05) is 18.9 Å². The molecular formula is C13H18N2O3S. The zero-order valence-corrected chi connectivity index (χ0v) is 11.7. The van der Waals surface area contributed by atoms with Gasteiger partial charge >= 0.3 is 5.97 Å². The Morgan fingerprint density at radius 3 is 2.95 bits per heavy atom. The van der Waals surface area contributed by atoms with E-state index in [4.69, 9.17) is 4.74 Å². The Kier molecular flexibility index (Phi) is 7.65. The Bertz CT molecular complexity index is 398. The van der Waals surface area contributed by atoms with E-state index in [-0.39, 0.29) is 11.9 Å². The van der Waals surface area contributed by atoms with Crippen LogP contribution in [0.25, 0.3) is 0 Å². The van der Waals surface area contributed by atoms with Crippen LogP contribution in [0.3, 0.4) is 0 Å². The van der Waals surface area contributed by atoms with Crippen LogP contribution >= 0.6 is 11.8 Å². The van der Waals surface area contributed by atoms with E-state index in [2.05, 4.69) is 10.3 Å². The monoisotopic (exact) mass is 282 g/mol. The zero-order valence-electron chi connectivity index (χ0n) is 10.9. The number of pyridine rings is 1. The summed E-state index contributed by atoms with van der Waals surface area (Å²) >= 11 is 1.39. The fourth-order valence-electron chi connectivity index (χ4n) is 1.32. The van der Waals surface area contributed by atoms with Gasteiger partial charge in [-0.05, 0) is 25.5 Å². The van der Waals surface area contributed by atoms with Gasteiger partial charge in [0.25, 0.3) is 0 Å². The van der Waals surface area contributed by atoms with Gasteiger partial charge < -0.3 is 10.1 Å². The number of carbonyl (C=O) groups is 2. The molecule has 1 N–H and O–H groups in total. The standard InChI is InChI=1S/C13H18N2O3S/c1-2-18-13(17)7-5-9-14-11(16)10-19-12-6-3-4-8-15-12/h3-4,6,8H,2,5,7,9-10H2,1H3,(H,14,16). The highest BCUT2D eigenvalue weighted by molar-refractivity contribution is 7.99. The molecule has 6 heteroatoms. The van der Waals surface area contributed by atoms with E-state index in [1.165, 1.54) is 11.8 Å². The number of amides is 1. The van der Waals surface area contributed by atoms with Crippen molar-refractivity contribution in [3.8, 4) is 0 Å². The predicted molar refractivity (Wildman–Crippen MR) is 73.8 cm³/mol. The molecule has 0 aliphatic rings. The van der Waals surface area contributed by atoms with Crippen LogP contribution in [0.1, 0.15) is 19.8 Å². The minimum Gasteiger partial charge on any atom is -0.466 e.